The second kappa shape index (κ2) is 9.03. The number of H-pyrrole nitrogens is 1. The lowest BCUT2D eigenvalue weighted by Gasteiger charge is -2.10. The minimum atomic E-state index is -1.07. The van der Waals surface area contributed by atoms with E-state index in [0.29, 0.717) is 41.4 Å². The summed E-state index contributed by atoms with van der Waals surface area (Å²) in [4.78, 5) is 44.6. The average molecular weight is 449 g/mol. The number of nitrogen functional groups attached to an aromatic ring is 1. The summed E-state index contributed by atoms with van der Waals surface area (Å²) >= 11 is 0. The zero-order chi connectivity index (χ0) is 23.5. The number of hydrogen-bond acceptors (Lipinski definition) is 6. The molecule has 0 aliphatic rings. The summed E-state index contributed by atoms with van der Waals surface area (Å²) in [7, 11) is 0. The molecule has 33 heavy (non-hydrogen) atoms. The van der Waals surface area contributed by atoms with E-state index in [4.69, 9.17) is 15.6 Å². The minimum Gasteiger partial charge on any atom is -0.482 e. The molecule has 0 unspecified atom stereocenters. The van der Waals surface area contributed by atoms with Crippen molar-refractivity contribution in [2.24, 2.45) is 0 Å². The highest BCUT2D eigenvalue weighted by Crippen LogP contribution is 2.22. The van der Waals surface area contributed by atoms with Crippen LogP contribution in [0.5, 0.6) is 5.75 Å². The van der Waals surface area contributed by atoms with Crippen LogP contribution < -0.4 is 21.7 Å². The Morgan fingerprint density at radius 1 is 1.09 bits per heavy atom. The number of nitrogens with two attached hydrogens (primary N) is 1. The van der Waals surface area contributed by atoms with Crippen LogP contribution in [0.4, 0.5) is 5.69 Å². The molecule has 0 aliphatic heterocycles. The lowest BCUT2D eigenvalue weighted by Crippen LogP contribution is -2.40. The van der Waals surface area contributed by atoms with Gasteiger partial charge in [-0.2, -0.15) is 0 Å². The first-order valence-corrected chi connectivity index (χ1v) is 10.4. The Bertz CT molecular complexity index is 1420. The van der Waals surface area contributed by atoms with E-state index in [1.165, 1.54) is 9.13 Å². The zero-order valence-electron chi connectivity index (χ0n) is 17.9. The Hall–Kier alpha value is -4.34. The van der Waals surface area contributed by atoms with Gasteiger partial charge in [0, 0.05) is 17.8 Å². The van der Waals surface area contributed by atoms with Gasteiger partial charge in [-0.25, -0.2) is 14.6 Å². The third-order valence-electron chi connectivity index (χ3n) is 5.12. The van der Waals surface area contributed by atoms with Gasteiger partial charge in [0.05, 0.1) is 6.54 Å². The number of carboxylic acids is 1. The molecule has 0 amide bonds. The molecule has 4 rings (SSSR count). The first kappa shape index (κ1) is 21.9. The summed E-state index contributed by atoms with van der Waals surface area (Å²) in [5.41, 5.74) is 7.42. The Morgan fingerprint density at radius 3 is 2.42 bits per heavy atom. The highest BCUT2D eigenvalue weighted by Gasteiger charge is 2.18. The van der Waals surface area contributed by atoms with Crippen LogP contribution in [0.2, 0.25) is 0 Å². The fourth-order valence-corrected chi connectivity index (χ4v) is 3.53. The van der Waals surface area contributed by atoms with Crippen molar-refractivity contribution in [2.75, 3.05) is 12.3 Å². The van der Waals surface area contributed by atoms with Crippen LogP contribution in [0.1, 0.15) is 18.9 Å². The number of fused-ring (bicyclic) bond motifs is 1. The van der Waals surface area contributed by atoms with Crippen LogP contribution in [0.15, 0.2) is 58.1 Å². The van der Waals surface area contributed by atoms with E-state index in [1.807, 2.05) is 6.92 Å². The highest BCUT2D eigenvalue weighted by molar-refractivity contribution is 5.75. The minimum absolute atomic E-state index is 0.113. The third-order valence-corrected chi connectivity index (χ3v) is 5.12. The van der Waals surface area contributed by atoms with Crippen molar-refractivity contribution >= 4 is 22.8 Å². The number of aromatic amines is 1. The molecule has 0 saturated heterocycles. The van der Waals surface area contributed by atoms with Crippen molar-refractivity contribution in [3.05, 3.63) is 74.9 Å². The van der Waals surface area contributed by atoms with Gasteiger partial charge in [-0.3, -0.25) is 13.9 Å². The van der Waals surface area contributed by atoms with E-state index in [-0.39, 0.29) is 12.1 Å². The van der Waals surface area contributed by atoms with Crippen molar-refractivity contribution < 1.29 is 14.6 Å². The van der Waals surface area contributed by atoms with Gasteiger partial charge < -0.3 is 20.6 Å². The molecule has 0 aliphatic carbocycles. The second-order valence-corrected chi connectivity index (χ2v) is 7.56. The van der Waals surface area contributed by atoms with Crippen molar-refractivity contribution in [2.45, 2.75) is 26.4 Å². The van der Waals surface area contributed by atoms with Crippen molar-refractivity contribution in [3.63, 3.8) is 0 Å². The second-order valence-electron chi connectivity index (χ2n) is 7.56. The summed E-state index contributed by atoms with van der Waals surface area (Å²) in [6, 6.07) is 13.6. The third kappa shape index (κ3) is 4.49. The number of hydrogen-bond donors (Lipinski definition) is 3. The van der Waals surface area contributed by atoms with Crippen LogP contribution in [0.3, 0.4) is 0 Å². The molecule has 10 nitrogen and oxygen atoms in total. The Morgan fingerprint density at radius 2 is 1.79 bits per heavy atom. The molecule has 2 aromatic carbocycles. The quantitative estimate of drug-likeness (QED) is 0.349. The van der Waals surface area contributed by atoms with E-state index in [2.05, 4.69) is 9.97 Å². The fourth-order valence-electron chi connectivity index (χ4n) is 3.53. The number of imidazole rings is 1. The summed E-state index contributed by atoms with van der Waals surface area (Å²) < 4.78 is 7.83. The van der Waals surface area contributed by atoms with Crippen LogP contribution in [0.25, 0.3) is 22.6 Å². The number of rotatable bonds is 8. The molecule has 0 radical (unpaired) electrons. The number of aryl methyl sites for hydroxylation is 1. The Labute approximate surface area is 187 Å². The monoisotopic (exact) mass is 449 g/mol. The van der Waals surface area contributed by atoms with Crippen LogP contribution >= 0.6 is 0 Å². The number of aliphatic carboxylic acids is 1. The number of carboxylic acid groups (broad SMARTS) is 1. The topological polar surface area (TPSA) is 145 Å². The number of carbonyl (C=O) groups is 1. The molecule has 0 saturated carbocycles. The van der Waals surface area contributed by atoms with Gasteiger partial charge in [0.1, 0.15) is 17.1 Å². The lowest BCUT2D eigenvalue weighted by molar-refractivity contribution is -0.139. The Balaban J connectivity index is 1.77. The van der Waals surface area contributed by atoms with Gasteiger partial charge in [0.2, 0.25) is 0 Å². The van der Waals surface area contributed by atoms with Crippen molar-refractivity contribution in [1.29, 1.82) is 0 Å². The summed E-state index contributed by atoms with van der Waals surface area (Å²) in [5.74, 6) is -0.257. The number of benzene rings is 2. The maximum Gasteiger partial charge on any atom is 0.341 e. The number of anilines is 1. The zero-order valence-corrected chi connectivity index (χ0v) is 17.9. The predicted octanol–water partition coefficient (Wildman–Crippen LogP) is 2.06. The van der Waals surface area contributed by atoms with Gasteiger partial charge in [-0.15, -0.1) is 0 Å². The molecule has 0 bridgehead atoms. The van der Waals surface area contributed by atoms with E-state index in [9.17, 15) is 14.4 Å². The molecule has 2 heterocycles. The van der Waals surface area contributed by atoms with E-state index in [0.717, 1.165) is 5.56 Å². The average Bonchev–Trinajstić information content (AvgIpc) is 3.25. The molecule has 0 atom stereocenters. The van der Waals surface area contributed by atoms with E-state index in [1.54, 1.807) is 48.5 Å². The number of ether oxygens (including phenoxy) is 1. The summed E-state index contributed by atoms with van der Waals surface area (Å²) in [5, 5.41) is 8.73. The standard InChI is InChI=1S/C23H23N5O5/c1-2-11-27-21-19(22(31)28(23(27)32)12-14-3-7-16(24)8-4-14)25-20(26-21)15-5-9-17(10-6-15)33-13-18(29)30/h3-10H,2,11-13,24H2,1H3,(H,25,26)(H,29,30). The maximum absolute atomic E-state index is 13.2. The summed E-state index contributed by atoms with van der Waals surface area (Å²) in [6.45, 7) is 2.02. The summed E-state index contributed by atoms with van der Waals surface area (Å²) in [6.07, 6.45) is 0.687. The van der Waals surface area contributed by atoms with Crippen LogP contribution in [-0.2, 0) is 17.9 Å². The lowest BCUT2D eigenvalue weighted by atomic mass is 10.2. The molecule has 0 spiro atoms. The Kier molecular flexibility index (Phi) is 5.99. The van der Waals surface area contributed by atoms with Gasteiger partial charge in [0.25, 0.3) is 5.56 Å². The van der Waals surface area contributed by atoms with Crippen molar-refractivity contribution in [3.8, 4) is 17.1 Å². The van der Waals surface area contributed by atoms with Crippen LogP contribution in [-0.4, -0.2) is 36.8 Å². The molecular formula is C23H23N5O5. The SMILES string of the molecule is CCCn1c(=O)n(Cc2ccc(N)cc2)c(=O)c2[nH]c(-c3ccc(OCC(=O)O)cc3)nc21. The van der Waals surface area contributed by atoms with Gasteiger partial charge in [0.15, 0.2) is 12.3 Å². The normalized spacial score (nSPS) is 11.1. The molecule has 170 valence electrons. The number of aromatic nitrogens is 4. The molecule has 4 aromatic rings. The molecule has 4 N–H and O–H groups in total. The predicted molar refractivity (Wildman–Crippen MR) is 123 cm³/mol. The van der Waals surface area contributed by atoms with Gasteiger partial charge in [-0.05, 0) is 48.4 Å². The molecule has 10 heteroatoms. The first-order valence-electron chi connectivity index (χ1n) is 10.4. The maximum atomic E-state index is 13.2. The largest absolute Gasteiger partial charge is 0.482 e. The molecule has 2 aromatic heterocycles. The fraction of sp³-hybridized carbons (Fsp3) is 0.217. The molecular weight excluding hydrogens is 426 g/mol. The first-order chi connectivity index (χ1) is 15.9. The number of nitrogens with one attached hydrogen (secondary N) is 1. The smallest absolute Gasteiger partial charge is 0.341 e. The number of nitrogens with zero attached hydrogens (tertiary/aromatic N) is 3. The van der Waals surface area contributed by atoms with Gasteiger partial charge >= 0.3 is 11.7 Å². The van der Waals surface area contributed by atoms with Gasteiger partial charge in [-0.1, -0.05) is 19.1 Å². The van der Waals surface area contributed by atoms with Crippen LogP contribution in [0, 0.1) is 0 Å². The highest BCUT2D eigenvalue weighted by atomic mass is 16.5. The van der Waals surface area contributed by atoms with E-state index < -0.39 is 23.8 Å². The van der Waals surface area contributed by atoms with E-state index >= 15 is 0 Å². The van der Waals surface area contributed by atoms with Crippen molar-refractivity contribution in [1.82, 2.24) is 19.1 Å². The molecule has 0 fully saturated rings.